The molecule has 1 aromatic carbocycles. The lowest BCUT2D eigenvalue weighted by Gasteiger charge is -2.16. The van der Waals surface area contributed by atoms with E-state index in [0.29, 0.717) is 5.69 Å². The van der Waals surface area contributed by atoms with Gasteiger partial charge in [-0.25, -0.2) is 4.98 Å². The normalized spacial score (nSPS) is 11.8. The second-order valence-corrected chi connectivity index (χ2v) is 7.09. The number of non-ortho nitro benzene ring substituents is 1. The molecule has 0 saturated heterocycles. The van der Waals surface area contributed by atoms with Crippen molar-refractivity contribution in [2.75, 3.05) is 0 Å². The summed E-state index contributed by atoms with van der Waals surface area (Å²) in [6.07, 6.45) is 0.822. The minimum atomic E-state index is -0.432. The Balaban J connectivity index is 2.20. The minimum Gasteiger partial charge on any atom is -0.296 e. The van der Waals surface area contributed by atoms with E-state index in [9.17, 15) is 14.9 Å². The number of carbonyl (C=O) groups excluding carboxylic acids is 1. The first-order chi connectivity index (χ1) is 10.8. The van der Waals surface area contributed by atoms with E-state index in [1.165, 1.54) is 23.5 Å². The van der Waals surface area contributed by atoms with Crippen molar-refractivity contribution in [2.24, 2.45) is 0 Å². The van der Waals surface area contributed by atoms with E-state index in [1.807, 2.05) is 30.6 Å². The molecular weight excluding hydrogens is 314 g/mol. The lowest BCUT2D eigenvalue weighted by Crippen LogP contribution is -2.14. The Morgan fingerprint density at radius 2 is 1.91 bits per heavy atom. The van der Waals surface area contributed by atoms with Crippen LogP contribution in [0.1, 0.15) is 37.0 Å². The van der Waals surface area contributed by atoms with E-state index in [2.05, 4.69) is 4.98 Å². The zero-order chi connectivity index (χ0) is 16.8. The van der Waals surface area contributed by atoms with Gasteiger partial charge in [-0.15, -0.1) is 11.3 Å². The minimum absolute atomic E-state index is 0.0387. The molecule has 0 atom stereocenters. The Hall–Kier alpha value is -2.54. The number of nitro groups is 1. The molecule has 118 valence electrons. The Morgan fingerprint density at radius 1 is 1.26 bits per heavy atom. The number of aromatic nitrogens is 2. The molecule has 7 heteroatoms. The highest BCUT2D eigenvalue weighted by molar-refractivity contribution is 7.15. The van der Waals surface area contributed by atoms with Crippen LogP contribution >= 0.6 is 11.3 Å². The fourth-order valence-electron chi connectivity index (χ4n) is 2.50. The van der Waals surface area contributed by atoms with Gasteiger partial charge in [0.25, 0.3) is 5.69 Å². The average molecular weight is 329 g/mol. The van der Waals surface area contributed by atoms with Gasteiger partial charge < -0.3 is 0 Å². The first-order valence-electron chi connectivity index (χ1n) is 7.03. The third kappa shape index (κ3) is 2.53. The maximum absolute atomic E-state index is 11.6. The highest BCUT2D eigenvalue weighted by atomic mass is 32.1. The molecule has 3 rings (SSSR count). The predicted molar refractivity (Wildman–Crippen MR) is 89.2 cm³/mol. The lowest BCUT2D eigenvalue weighted by atomic mass is 9.91. The molecule has 6 nitrogen and oxygen atoms in total. The first-order valence-corrected chi connectivity index (χ1v) is 7.91. The van der Waals surface area contributed by atoms with E-state index >= 15 is 0 Å². The SMILES string of the molecule is CC(C)(C)c1nc2scc(-c3ccc([N+](=O)[O-])cc3)n2c1C=O. The number of carbonyl (C=O) groups is 1. The number of nitrogens with zero attached hydrogens (tertiary/aromatic N) is 3. The highest BCUT2D eigenvalue weighted by Gasteiger charge is 2.25. The van der Waals surface area contributed by atoms with Crippen molar-refractivity contribution in [3.63, 3.8) is 0 Å². The van der Waals surface area contributed by atoms with E-state index in [4.69, 9.17) is 0 Å². The zero-order valence-corrected chi connectivity index (χ0v) is 13.8. The molecule has 0 aliphatic carbocycles. The fourth-order valence-corrected chi connectivity index (χ4v) is 3.40. The summed E-state index contributed by atoms with van der Waals surface area (Å²) >= 11 is 1.44. The quantitative estimate of drug-likeness (QED) is 0.412. The first kappa shape index (κ1) is 15.4. The topological polar surface area (TPSA) is 77.5 Å². The van der Waals surface area contributed by atoms with Crippen LogP contribution in [0.25, 0.3) is 16.2 Å². The van der Waals surface area contributed by atoms with Crippen LogP contribution in [0.2, 0.25) is 0 Å². The summed E-state index contributed by atoms with van der Waals surface area (Å²) in [5.41, 5.74) is 2.70. The number of nitro benzene ring substituents is 1. The third-order valence-corrected chi connectivity index (χ3v) is 4.42. The summed E-state index contributed by atoms with van der Waals surface area (Å²) in [5, 5.41) is 12.7. The molecule has 0 saturated carbocycles. The molecular formula is C16H15N3O3S. The molecule has 0 N–H and O–H groups in total. The van der Waals surface area contributed by atoms with Gasteiger partial charge in [0.2, 0.25) is 0 Å². The Bertz CT molecular complexity index is 901. The van der Waals surface area contributed by atoms with E-state index in [0.717, 1.165) is 28.2 Å². The summed E-state index contributed by atoms with van der Waals surface area (Å²) in [6, 6.07) is 6.29. The Kier molecular flexibility index (Phi) is 3.52. The van der Waals surface area contributed by atoms with Gasteiger partial charge in [0, 0.05) is 22.9 Å². The van der Waals surface area contributed by atoms with Gasteiger partial charge in [0.1, 0.15) is 5.69 Å². The molecule has 0 aliphatic heterocycles. The summed E-state index contributed by atoms with van der Waals surface area (Å²) in [6.45, 7) is 6.04. The maximum atomic E-state index is 11.6. The Morgan fingerprint density at radius 3 is 2.43 bits per heavy atom. The van der Waals surface area contributed by atoms with Gasteiger partial charge in [-0.2, -0.15) is 0 Å². The van der Waals surface area contributed by atoms with Crippen LogP contribution in [0.15, 0.2) is 29.6 Å². The van der Waals surface area contributed by atoms with Crippen LogP contribution in [0.4, 0.5) is 5.69 Å². The summed E-state index contributed by atoms with van der Waals surface area (Å²) in [5.74, 6) is 0. The van der Waals surface area contributed by atoms with Crippen molar-refractivity contribution in [1.82, 2.24) is 9.38 Å². The number of hydrogen-bond acceptors (Lipinski definition) is 5. The van der Waals surface area contributed by atoms with Crippen LogP contribution in [0.5, 0.6) is 0 Å². The van der Waals surface area contributed by atoms with Crippen molar-refractivity contribution < 1.29 is 9.72 Å². The van der Waals surface area contributed by atoms with Gasteiger partial charge in [0.15, 0.2) is 11.2 Å². The van der Waals surface area contributed by atoms with Gasteiger partial charge in [-0.05, 0) is 17.7 Å². The lowest BCUT2D eigenvalue weighted by molar-refractivity contribution is -0.384. The maximum Gasteiger partial charge on any atom is 0.269 e. The molecule has 0 fully saturated rings. The molecule has 2 aromatic heterocycles. The van der Waals surface area contributed by atoms with Crippen molar-refractivity contribution in [1.29, 1.82) is 0 Å². The number of thiazole rings is 1. The number of benzene rings is 1. The predicted octanol–water partition coefficient (Wildman–Crippen LogP) is 4.08. The highest BCUT2D eigenvalue weighted by Crippen LogP contribution is 2.33. The van der Waals surface area contributed by atoms with Crippen molar-refractivity contribution in [3.8, 4) is 11.3 Å². The third-order valence-electron chi connectivity index (χ3n) is 3.60. The van der Waals surface area contributed by atoms with Crippen molar-refractivity contribution >= 4 is 28.3 Å². The zero-order valence-electron chi connectivity index (χ0n) is 12.9. The van der Waals surface area contributed by atoms with Crippen LogP contribution in [-0.2, 0) is 5.41 Å². The molecule has 0 spiro atoms. The van der Waals surface area contributed by atoms with Crippen LogP contribution in [0.3, 0.4) is 0 Å². The molecule has 0 aliphatic rings. The molecule has 0 amide bonds. The van der Waals surface area contributed by atoms with Crippen molar-refractivity contribution in [2.45, 2.75) is 26.2 Å². The van der Waals surface area contributed by atoms with Crippen LogP contribution in [0, 0.1) is 10.1 Å². The summed E-state index contributed by atoms with van der Waals surface area (Å²) in [7, 11) is 0. The van der Waals surface area contributed by atoms with Gasteiger partial charge >= 0.3 is 0 Å². The molecule has 2 heterocycles. The summed E-state index contributed by atoms with van der Waals surface area (Å²) < 4.78 is 1.82. The van der Waals surface area contributed by atoms with Crippen LogP contribution < -0.4 is 0 Å². The van der Waals surface area contributed by atoms with Gasteiger partial charge in [-0.3, -0.25) is 19.3 Å². The number of imidazole rings is 1. The number of hydrogen-bond donors (Lipinski definition) is 0. The standard InChI is InChI=1S/C16H15N3O3S/c1-16(2,3)14-12(8-20)18-13(9-23-15(18)17-14)10-4-6-11(7-5-10)19(21)22/h4-9H,1-3H3. The smallest absolute Gasteiger partial charge is 0.269 e. The fraction of sp³-hybridized carbons (Fsp3) is 0.250. The average Bonchev–Trinajstić information content (AvgIpc) is 3.05. The van der Waals surface area contributed by atoms with Gasteiger partial charge in [0.05, 0.1) is 16.3 Å². The molecule has 23 heavy (non-hydrogen) atoms. The molecule has 3 aromatic rings. The van der Waals surface area contributed by atoms with E-state index < -0.39 is 4.92 Å². The number of rotatable bonds is 3. The largest absolute Gasteiger partial charge is 0.296 e. The summed E-state index contributed by atoms with van der Waals surface area (Å²) in [4.78, 5) is 27.3. The van der Waals surface area contributed by atoms with E-state index in [-0.39, 0.29) is 11.1 Å². The van der Waals surface area contributed by atoms with Gasteiger partial charge in [-0.1, -0.05) is 20.8 Å². The van der Waals surface area contributed by atoms with E-state index in [1.54, 1.807) is 12.1 Å². The Labute approximate surface area is 136 Å². The number of fused-ring (bicyclic) bond motifs is 1. The monoisotopic (exact) mass is 329 g/mol. The molecule has 0 radical (unpaired) electrons. The second kappa shape index (κ2) is 5.27. The number of aldehydes is 1. The molecule has 0 bridgehead atoms. The van der Waals surface area contributed by atoms with Crippen LogP contribution in [-0.4, -0.2) is 20.6 Å². The second-order valence-electron chi connectivity index (χ2n) is 6.26. The van der Waals surface area contributed by atoms with Crippen molar-refractivity contribution in [3.05, 3.63) is 51.1 Å². The molecule has 0 unspecified atom stereocenters.